The van der Waals surface area contributed by atoms with Gasteiger partial charge in [-0.25, -0.2) is 9.97 Å². The summed E-state index contributed by atoms with van der Waals surface area (Å²) >= 11 is 5.59. The number of benzene rings is 1. The van der Waals surface area contributed by atoms with Gasteiger partial charge in [-0.05, 0) is 29.2 Å². The average molecular weight is 423 g/mol. The standard InChI is InChI=1S/C16H17ClF3N3O3P/c1-3-26-27(24)7-6-10-4-5-12(13(8-10)25-2)22-15-21-9-11(14(17)23-15)16(18,19)20/h4-5,8-9H,3,6-7H2,1-2H3,(H,21,22,23)/q+1. The van der Waals surface area contributed by atoms with Gasteiger partial charge in [0.15, 0.2) is 6.16 Å². The quantitative estimate of drug-likeness (QED) is 0.464. The van der Waals surface area contributed by atoms with Gasteiger partial charge in [0.25, 0.3) is 0 Å². The Bertz CT molecular complexity index is 821. The number of halogens is 4. The van der Waals surface area contributed by atoms with Crippen molar-refractivity contribution in [1.82, 2.24) is 9.97 Å². The minimum Gasteiger partial charge on any atom is -0.495 e. The largest absolute Gasteiger partial charge is 0.508 e. The Morgan fingerprint density at radius 1 is 1.33 bits per heavy atom. The highest BCUT2D eigenvalue weighted by atomic mass is 35.5. The van der Waals surface area contributed by atoms with E-state index in [9.17, 15) is 17.7 Å². The van der Waals surface area contributed by atoms with E-state index in [1.807, 2.05) is 0 Å². The van der Waals surface area contributed by atoms with Crippen LogP contribution in [-0.2, 0) is 21.7 Å². The van der Waals surface area contributed by atoms with Crippen LogP contribution in [-0.4, -0.2) is 29.8 Å². The SMILES string of the molecule is CCO[P+](=O)CCc1ccc(Nc2ncc(C(F)(F)F)c(Cl)n2)c(OC)c1. The summed E-state index contributed by atoms with van der Waals surface area (Å²) in [5.74, 6) is 0.331. The maximum Gasteiger partial charge on any atom is 0.508 e. The normalized spacial score (nSPS) is 12.0. The Morgan fingerprint density at radius 2 is 2.07 bits per heavy atom. The molecule has 27 heavy (non-hydrogen) atoms. The summed E-state index contributed by atoms with van der Waals surface area (Å²) < 4.78 is 60.0. The fourth-order valence-electron chi connectivity index (χ4n) is 2.16. The second kappa shape index (κ2) is 9.30. The lowest BCUT2D eigenvalue weighted by atomic mass is 10.1. The van der Waals surface area contributed by atoms with Crippen molar-refractivity contribution in [3.63, 3.8) is 0 Å². The van der Waals surface area contributed by atoms with Crippen molar-refractivity contribution < 1.29 is 27.0 Å². The number of rotatable bonds is 8. The molecule has 1 aromatic heterocycles. The Labute approximate surface area is 159 Å². The van der Waals surface area contributed by atoms with E-state index in [1.54, 1.807) is 25.1 Å². The van der Waals surface area contributed by atoms with Gasteiger partial charge in [-0.1, -0.05) is 17.7 Å². The minimum absolute atomic E-state index is 0.0986. The van der Waals surface area contributed by atoms with Crippen LogP contribution in [0.5, 0.6) is 5.75 Å². The second-order valence-electron chi connectivity index (χ2n) is 5.28. The Hall–Kier alpha value is -1.96. The molecule has 146 valence electrons. The van der Waals surface area contributed by atoms with E-state index in [1.165, 1.54) is 7.11 Å². The molecule has 1 N–H and O–H groups in total. The summed E-state index contributed by atoms with van der Waals surface area (Å²) in [7, 11) is -0.265. The molecular weight excluding hydrogens is 406 g/mol. The molecule has 0 bridgehead atoms. The number of methoxy groups -OCH3 is 1. The fourth-order valence-corrected chi connectivity index (χ4v) is 3.25. The first-order valence-electron chi connectivity index (χ1n) is 7.85. The summed E-state index contributed by atoms with van der Waals surface area (Å²) in [6.07, 6.45) is -3.12. The van der Waals surface area contributed by atoms with Gasteiger partial charge in [-0.2, -0.15) is 13.2 Å². The smallest absolute Gasteiger partial charge is 0.495 e. The van der Waals surface area contributed by atoms with Crippen molar-refractivity contribution in [3.8, 4) is 5.75 Å². The van der Waals surface area contributed by atoms with Crippen molar-refractivity contribution in [3.05, 3.63) is 40.7 Å². The number of hydrogen-bond acceptors (Lipinski definition) is 6. The molecule has 0 saturated carbocycles. The number of ether oxygens (including phenoxy) is 1. The maximum absolute atomic E-state index is 12.7. The van der Waals surface area contributed by atoms with E-state index in [-0.39, 0.29) is 5.95 Å². The molecule has 0 aliphatic heterocycles. The number of alkyl halides is 3. The van der Waals surface area contributed by atoms with Crippen molar-refractivity contribution in [2.45, 2.75) is 19.5 Å². The fraction of sp³-hybridized carbons (Fsp3) is 0.375. The van der Waals surface area contributed by atoms with E-state index in [0.29, 0.717) is 36.8 Å². The number of aryl methyl sites for hydroxylation is 1. The molecule has 1 unspecified atom stereocenters. The van der Waals surface area contributed by atoms with Crippen LogP contribution in [0.3, 0.4) is 0 Å². The third-order valence-corrected chi connectivity index (χ3v) is 4.84. The van der Waals surface area contributed by atoms with Crippen LogP contribution in [0.1, 0.15) is 18.1 Å². The van der Waals surface area contributed by atoms with Crippen LogP contribution < -0.4 is 10.1 Å². The Kier molecular flexibility index (Phi) is 7.35. The monoisotopic (exact) mass is 422 g/mol. The van der Waals surface area contributed by atoms with Crippen LogP contribution in [0.4, 0.5) is 24.8 Å². The first-order valence-corrected chi connectivity index (χ1v) is 9.60. The molecule has 0 aliphatic carbocycles. The van der Waals surface area contributed by atoms with Gasteiger partial charge in [0, 0.05) is 12.6 Å². The minimum atomic E-state index is -4.63. The lowest BCUT2D eigenvalue weighted by Crippen LogP contribution is -2.09. The van der Waals surface area contributed by atoms with E-state index >= 15 is 0 Å². The van der Waals surface area contributed by atoms with Crippen LogP contribution in [0.2, 0.25) is 5.15 Å². The van der Waals surface area contributed by atoms with Gasteiger partial charge in [0.05, 0.1) is 19.4 Å². The zero-order valence-corrected chi connectivity index (χ0v) is 16.2. The Balaban J connectivity index is 2.14. The van der Waals surface area contributed by atoms with Crippen molar-refractivity contribution in [1.29, 1.82) is 0 Å². The number of hydrogen-bond donors (Lipinski definition) is 1. The van der Waals surface area contributed by atoms with E-state index in [4.69, 9.17) is 20.9 Å². The molecule has 2 rings (SSSR count). The molecule has 6 nitrogen and oxygen atoms in total. The van der Waals surface area contributed by atoms with Crippen LogP contribution in [0.15, 0.2) is 24.4 Å². The highest BCUT2D eigenvalue weighted by Gasteiger charge is 2.34. The first-order chi connectivity index (χ1) is 12.7. The third-order valence-electron chi connectivity index (χ3n) is 3.42. The molecule has 0 spiro atoms. The molecule has 0 radical (unpaired) electrons. The topological polar surface area (TPSA) is 73.3 Å². The molecule has 11 heteroatoms. The summed E-state index contributed by atoms with van der Waals surface area (Å²) in [6, 6.07) is 5.16. The third kappa shape index (κ3) is 6.02. The molecule has 2 aromatic rings. The molecule has 1 heterocycles. The maximum atomic E-state index is 12.7. The summed E-state index contributed by atoms with van der Waals surface area (Å²) in [5.41, 5.74) is 0.207. The first kappa shape index (κ1) is 21.3. The predicted octanol–water partition coefficient (Wildman–Crippen LogP) is 5.22. The van der Waals surface area contributed by atoms with E-state index in [0.717, 1.165) is 5.56 Å². The van der Waals surface area contributed by atoms with Gasteiger partial charge in [-0.3, -0.25) is 0 Å². The molecule has 1 atom stereocenters. The summed E-state index contributed by atoms with van der Waals surface area (Å²) in [5, 5.41) is 2.08. The molecular formula is C16H17ClF3N3O3P+. The molecule has 0 amide bonds. The number of nitrogens with one attached hydrogen (secondary N) is 1. The van der Waals surface area contributed by atoms with Crippen molar-refractivity contribution in [2.24, 2.45) is 0 Å². The van der Waals surface area contributed by atoms with Crippen LogP contribution in [0, 0.1) is 0 Å². The average Bonchev–Trinajstić information content (AvgIpc) is 2.60. The van der Waals surface area contributed by atoms with Gasteiger partial charge in [0.2, 0.25) is 5.95 Å². The van der Waals surface area contributed by atoms with Gasteiger partial charge >= 0.3 is 14.2 Å². The lowest BCUT2D eigenvalue weighted by Gasteiger charge is -2.13. The number of aromatic nitrogens is 2. The van der Waals surface area contributed by atoms with Crippen molar-refractivity contribution >= 4 is 31.3 Å². The molecule has 0 aliphatic rings. The highest BCUT2D eigenvalue weighted by Crippen LogP contribution is 2.34. The summed E-state index contributed by atoms with van der Waals surface area (Å²) in [6.45, 7) is 2.16. The Morgan fingerprint density at radius 3 is 2.67 bits per heavy atom. The zero-order chi connectivity index (χ0) is 20.0. The van der Waals surface area contributed by atoms with Crippen molar-refractivity contribution in [2.75, 3.05) is 25.2 Å². The number of nitrogens with zero attached hydrogens (tertiary/aromatic N) is 2. The molecule has 0 saturated heterocycles. The highest BCUT2D eigenvalue weighted by molar-refractivity contribution is 7.39. The van der Waals surface area contributed by atoms with Gasteiger partial charge < -0.3 is 10.1 Å². The zero-order valence-electron chi connectivity index (χ0n) is 14.5. The number of anilines is 2. The summed E-state index contributed by atoms with van der Waals surface area (Å²) in [4.78, 5) is 7.27. The van der Waals surface area contributed by atoms with Gasteiger partial charge in [-0.15, -0.1) is 4.52 Å². The van der Waals surface area contributed by atoms with E-state index < -0.39 is 24.9 Å². The van der Waals surface area contributed by atoms with Crippen LogP contribution >= 0.6 is 19.6 Å². The van der Waals surface area contributed by atoms with Gasteiger partial charge in [0.1, 0.15) is 16.5 Å². The van der Waals surface area contributed by atoms with Crippen LogP contribution in [0.25, 0.3) is 0 Å². The van der Waals surface area contributed by atoms with E-state index in [2.05, 4.69) is 15.3 Å². The molecule has 1 aromatic carbocycles. The second-order valence-corrected chi connectivity index (χ2v) is 7.01. The molecule has 0 fully saturated rings. The lowest BCUT2D eigenvalue weighted by molar-refractivity contribution is -0.137. The predicted molar refractivity (Wildman–Crippen MR) is 96.1 cm³/mol.